The van der Waals surface area contributed by atoms with Crippen LogP contribution in [0, 0.1) is 19.8 Å². The number of rotatable bonds is 2. The maximum Gasteiger partial charge on any atom is 0.166 e. The summed E-state index contributed by atoms with van der Waals surface area (Å²) in [6.45, 7) is 5.52. The first-order valence-corrected chi connectivity index (χ1v) is 11.5. The third-order valence-corrected chi connectivity index (χ3v) is 6.71. The number of benzene rings is 1. The maximum atomic E-state index is 6.26. The van der Waals surface area contributed by atoms with Crippen LogP contribution in [0.15, 0.2) is 36.7 Å². The van der Waals surface area contributed by atoms with E-state index >= 15 is 0 Å². The highest BCUT2D eigenvalue weighted by molar-refractivity contribution is 5.72. The monoisotopic (exact) mass is 440 g/mol. The molecular weight excluding hydrogens is 412 g/mol. The van der Waals surface area contributed by atoms with E-state index in [4.69, 9.17) is 20.7 Å². The number of anilines is 1. The third kappa shape index (κ3) is 3.57. The molecular formula is C26H28N6O. The second-order valence-electron chi connectivity index (χ2n) is 9.45. The van der Waals surface area contributed by atoms with Crippen molar-refractivity contribution in [1.82, 2.24) is 24.5 Å². The number of pyridine rings is 1. The minimum absolute atomic E-state index is 0.398. The fraction of sp³-hybridized carbons (Fsp3) is 0.346. The molecule has 1 fully saturated rings. The Labute approximate surface area is 193 Å². The van der Waals surface area contributed by atoms with E-state index in [0.717, 1.165) is 46.7 Å². The number of aryl methyl sites for hydroxylation is 3. The fourth-order valence-corrected chi connectivity index (χ4v) is 4.84. The molecule has 0 saturated heterocycles. The Morgan fingerprint density at radius 3 is 2.79 bits per heavy atom. The van der Waals surface area contributed by atoms with Crippen LogP contribution < -0.4 is 10.5 Å². The lowest BCUT2D eigenvalue weighted by atomic mass is 9.95. The van der Waals surface area contributed by atoms with Gasteiger partial charge >= 0.3 is 0 Å². The molecule has 1 aliphatic carbocycles. The summed E-state index contributed by atoms with van der Waals surface area (Å²) in [6.07, 6.45) is 7.26. The van der Waals surface area contributed by atoms with E-state index in [1.807, 2.05) is 24.0 Å². The normalized spacial score (nSPS) is 15.0. The number of hydrogen-bond acceptors (Lipinski definition) is 5. The van der Waals surface area contributed by atoms with Crippen molar-refractivity contribution in [2.45, 2.75) is 46.3 Å². The number of ether oxygens (including phenoxy) is 1. The van der Waals surface area contributed by atoms with Crippen LogP contribution in [-0.2, 0) is 26.6 Å². The van der Waals surface area contributed by atoms with Crippen LogP contribution in [0.1, 0.15) is 40.8 Å². The first kappa shape index (κ1) is 20.0. The lowest BCUT2D eigenvalue weighted by molar-refractivity contribution is 0.307. The summed E-state index contributed by atoms with van der Waals surface area (Å²) in [5, 5.41) is 9.83. The van der Waals surface area contributed by atoms with E-state index in [-0.39, 0.29) is 0 Å². The van der Waals surface area contributed by atoms with Gasteiger partial charge in [0.1, 0.15) is 6.61 Å². The van der Waals surface area contributed by atoms with E-state index in [0.29, 0.717) is 24.1 Å². The summed E-state index contributed by atoms with van der Waals surface area (Å²) in [7, 11) is 1.98. The van der Waals surface area contributed by atoms with Gasteiger partial charge in [0.15, 0.2) is 11.6 Å². The minimum Gasteiger partial charge on any atom is -0.485 e. The van der Waals surface area contributed by atoms with Gasteiger partial charge in [-0.2, -0.15) is 10.2 Å². The molecule has 2 N–H and O–H groups in total. The van der Waals surface area contributed by atoms with Crippen LogP contribution in [0.25, 0.3) is 22.5 Å². The topological polar surface area (TPSA) is 83.8 Å². The molecule has 3 aromatic heterocycles. The fourth-order valence-electron chi connectivity index (χ4n) is 4.84. The number of nitrogens with zero attached hydrogens (tertiary/aromatic N) is 5. The predicted molar refractivity (Wildman–Crippen MR) is 128 cm³/mol. The van der Waals surface area contributed by atoms with Crippen molar-refractivity contribution in [3.63, 3.8) is 0 Å². The largest absolute Gasteiger partial charge is 0.485 e. The molecule has 0 unspecified atom stereocenters. The van der Waals surface area contributed by atoms with Gasteiger partial charge in [-0.25, -0.2) is 4.98 Å². The van der Waals surface area contributed by atoms with Crippen molar-refractivity contribution < 1.29 is 4.74 Å². The van der Waals surface area contributed by atoms with Crippen molar-refractivity contribution >= 4 is 5.82 Å². The van der Waals surface area contributed by atoms with E-state index < -0.39 is 0 Å². The molecule has 1 aliphatic heterocycles. The highest BCUT2D eigenvalue weighted by Gasteiger charge is 2.27. The molecule has 2 aliphatic rings. The molecule has 0 amide bonds. The SMILES string of the molecule is Cc1ccc2c(c1)COc1cc(cnc1N)-c1c(c(C)nn1CC1CC1)Cc1cn(C)nc1-2. The molecule has 7 nitrogen and oxygen atoms in total. The summed E-state index contributed by atoms with van der Waals surface area (Å²) in [6, 6.07) is 8.46. The van der Waals surface area contributed by atoms with Gasteiger partial charge < -0.3 is 10.5 Å². The summed E-state index contributed by atoms with van der Waals surface area (Å²) >= 11 is 0. The second kappa shape index (κ2) is 7.47. The van der Waals surface area contributed by atoms with E-state index in [1.165, 1.54) is 29.5 Å². The van der Waals surface area contributed by atoms with Gasteiger partial charge in [-0.05, 0) is 44.2 Å². The van der Waals surface area contributed by atoms with Gasteiger partial charge in [-0.1, -0.05) is 23.8 Å². The molecule has 0 spiro atoms. The second-order valence-corrected chi connectivity index (χ2v) is 9.45. The van der Waals surface area contributed by atoms with Crippen LogP contribution in [0.5, 0.6) is 5.75 Å². The van der Waals surface area contributed by atoms with Crippen molar-refractivity contribution in [1.29, 1.82) is 0 Å². The van der Waals surface area contributed by atoms with Crippen LogP contribution in [-0.4, -0.2) is 24.5 Å². The van der Waals surface area contributed by atoms with Crippen molar-refractivity contribution in [3.8, 4) is 28.3 Å². The zero-order valence-corrected chi connectivity index (χ0v) is 19.3. The van der Waals surface area contributed by atoms with E-state index in [1.54, 1.807) is 0 Å². The van der Waals surface area contributed by atoms with Crippen molar-refractivity contribution in [3.05, 3.63) is 64.6 Å². The van der Waals surface area contributed by atoms with E-state index in [9.17, 15) is 0 Å². The Bertz CT molecular complexity index is 1380. The van der Waals surface area contributed by atoms with Crippen LogP contribution >= 0.6 is 0 Å². The Kier molecular flexibility index (Phi) is 4.54. The zero-order chi connectivity index (χ0) is 22.7. The molecule has 33 heavy (non-hydrogen) atoms. The standard InChI is InChI=1S/C26H28N6O/c1-15-4-7-21-20(8-15)14-33-23-10-18(11-28-26(23)27)25-22(9-19-13-31(3)30-24(19)21)16(2)29-32(25)12-17-5-6-17/h4,7-8,10-11,13,17H,5-6,9,12,14H2,1-3H3,(H2,27,28). The molecule has 1 saturated carbocycles. The first-order valence-electron chi connectivity index (χ1n) is 11.5. The highest BCUT2D eigenvalue weighted by atomic mass is 16.5. The first-order chi connectivity index (χ1) is 16.0. The third-order valence-electron chi connectivity index (χ3n) is 6.71. The maximum absolute atomic E-state index is 6.26. The Morgan fingerprint density at radius 1 is 1.12 bits per heavy atom. The number of aromatic nitrogens is 5. The Balaban J connectivity index is 1.60. The quantitative estimate of drug-likeness (QED) is 0.498. The van der Waals surface area contributed by atoms with Crippen molar-refractivity contribution in [2.75, 3.05) is 5.73 Å². The summed E-state index contributed by atoms with van der Waals surface area (Å²) in [4.78, 5) is 4.49. The molecule has 7 heteroatoms. The van der Waals surface area contributed by atoms with Crippen LogP contribution in [0.3, 0.4) is 0 Å². The molecule has 6 rings (SSSR count). The molecule has 4 aromatic rings. The number of nitrogen functional groups attached to an aromatic ring is 1. The van der Waals surface area contributed by atoms with Gasteiger partial charge in [0.05, 0.1) is 17.1 Å². The zero-order valence-electron chi connectivity index (χ0n) is 19.3. The smallest absolute Gasteiger partial charge is 0.166 e. The molecule has 168 valence electrons. The number of nitrogens with two attached hydrogens (primary N) is 1. The van der Waals surface area contributed by atoms with Crippen LogP contribution in [0.4, 0.5) is 5.82 Å². The average Bonchev–Trinajstić information content (AvgIpc) is 3.45. The highest BCUT2D eigenvalue weighted by Crippen LogP contribution is 2.38. The van der Waals surface area contributed by atoms with Gasteiger partial charge in [0.2, 0.25) is 0 Å². The Morgan fingerprint density at radius 2 is 1.97 bits per heavy atom. The predicted octanol–water partition coefficient (Wildman–Crippen LogP) is 4.44. The summed E-state index contributed by atoms with van der Waals surface area (Å²) < 4.78 is 10.3. The summed E-state index contributed by atoms with van der Waals surface area (Å²) in [5.41, 5.74) is 16.1. The molecule has 4 heterocycles. The molecule has 2 bridgehead atoms. The van der Waals surface area contributed by atoms with Crippen molar-refractivity contribution in [2.24, 2.45) is 13.0 Å². The van der Waals surface area contributed by atoms with Crippen LogP contribution in [0.2, 0.25) is 0 Å². The summed E-state index contributed by atoms with van der Waals surface area (Å²) in [5.74, 6) is 1.70. The van der Waals surface area contributed by atoms with E-state index in [2.05, 4.69) is 47.9 Å². The molecule has 1 aromatic carbocycles. The molecule has 0 radical (unpaired) electrons. The lowest BCUT2D eigenvalue weighted by Gasteiger charge is -2.16. The van der Waals surface area contributed by atoms with Gasteiger partial charge in [0, 0.05) is 54.7 Å². The number of hydrogen-bond donors (Lipinski definition) is 1. The van der Waals surface area contributed by atoms with Gasteiger partial charge in [-0.3, -0.25) is 9.36 Å². The molecule has 0 atom stereocenters. The number of fused-ring (bicyclic) bond motifs is 7. The van der Waals surface area contributed by atoms with Gasteiger partial charge in [-0.15, -0.1) is 0 Å². The Hall–Kier alpha value is -3.61. The van der Waals surface area contributed by atoms with Gasteiger partial charge in [0.25, 0.3) is 0 Å². The minimum atomic E-state index is 0.398. The lowest BCUT2D eigenvalue weighted by Crippen LogP contribution is -2.07. The average molecular weight is 441 g/mol.